The molecule has 0 bridgehead atoms. The molecule has 1 aliphatic rings. The summed E-state index contributed by atoms with van der Waals surface area (Å²) < 4.78 is 69.0. The molecule has 1 aliphatic carbocycles. The van der Waals surface area contributed by atoms with Crippen LogP contribution in [-0.2, 0) is 4.74 Å². The Hall–Kier alpha value is -1.89. The van der Waals surface area contributed by atoms with Gasteiger partial charge in [-0.15, -0.1) is 13.2 Å². The van der Waals surface area contributed by atoms with Crippen molar-refractivity contribution in [1.29, 1.82) is 0 Å². The molecule has 2 N–H and O–H groups in total. The molecule has 0 aliphatic heterocycles. The van der Waals surface area contributed by atoms with Crippen LogP contribution in [0.5, 0.6) is 0 Å². The summed E-state index contributed by atoms with van der Waals surface area (Å²) in [6.07, 6.45) is -5.36. The van der Waals surface area contributed by atoms with E-state index in [1.54, 1.807) is 6.07 Å². The molecule has 108 valence electrons. The molecule has 0 saturated heterocycles. The lowest BCUT2D eigenvalue weighted by molar-refractivity contribution is -0.378. The zero-order valence-corrected chi connectivity index (χ0v) is 10.0. The maximum atomic E-state index is 14.6. The van der Waals surface area contributed by atoms with Gasteiger partial charge in [0.2, 0.25) is 0 Å². The van der Waals surface area contributed by atoms with Crippen LogP contribution >= 0.6 is 0 Å². The van der Waals surface area contributed by atoms with Gasteiger partial charge in [-0.1, -0.05) is 30.3 Å². The van der Waals surface area contributed by atoms with E-state index in [-0.39, 0.29) is 11.3 Å². The summed E-state index contributed by atoms with van der Waals surface area (Å²) in [6, 6.07) is 7.05. The number of alkyl halides is 4. The van der Waals surface area contributed by atoms with E-state index >= 15 is 0 Å². The molecule has 0 amide bonds. The highest BCUT2D eigenvalue weighted by molar-refractivity contribution is 5.76. The highest BCUT2D eigenvalue weighted by Gasteiger charge is 2.50. The zero-order valence-electron chi connectivity index (χ0n) is 10.0. The standard InChI is InChI=1S/C13H10F5NO/c14-10-6-9(19)7-12(15,20-13(16,17)18)11(10)8-4-2-1-3-5-8/h1-6H,7,19H2. The first kappa shape index (κ1) is 14.5. The van der Waals surface area contributed by atoms with Gasteiger partial charge in [-0.3, -0.25) is 0 Å². The van der Waals surface area contributed by atoms with Crippen LogP contribution in [0.2, 0.25) is 0 Å². The van der Waals surface area contributed by atoms with Crippen LogP contribution < -0.4 is 5.73 Å². The van der Waals surface area contributed by atoms with Gasteiger partial charge in [0.25, 0.3) is 5.85 Å². The molecular formula is C13H10F5NO. The van der Waals surface area contributed by atoms with Gasteiger partial charge in [0, 0.05) is 5.70 Å². The number of hydrogen-bond acceptors (Lipinski definition) is 2. The van der Waals surface area contributed by atoms with Crippen LogP contribution in [0.3, 0.4) is 0 Å². The molecule has 0 aromatic heterocycles. The molecule has 1 unspecified atom stereocenters. The van der Waals surface area contributed by atoms with Gasteiger partial charge in [-0.25, -0.2) is 13.5 Å². The number of benzene rings is 1. The van der Waals surface area contributed by atoms with Crippen molar-refractivity contribution in [2.24, 2.45) is 5.73 Å². The minimum absolute atomic E-state index is 0.0412. The molecule has 1 aromatic rings. The van der Waals surface area contributed by atoms with Gasteiger partial charge < -0.3 is 5.73 Å². The van der Waals surface area contributed by atoms with Crippen LogP contribution in [0.25, 0.3) is 5.57 Å². The molecule has 0 spiro atoms. The quantitative estimate of drug-likeness (QED) is 0.841. The van der Waals surface area contributed by atoms with Crippen molar-refractivity contribution in [3.63, 3.8) is 0 Å². The van der Waals surface area contributed by atoms with Crippen molar-refractivity contribution in [3.8, 4) is 0 Å². The number of nitrogens with two attached hydrogens (primary N) is 1. The molecular weight excluding hydrogens is 281 g/mol. The number of allylic oxidation sites excluding steroid dienone is 2. The first-order chi connectivity index (χ1) is 9.21. The molecule has 20 heavy (non-hydrogen) atoms. The van der Waals surface area contributed by atoms with Crippen LogP contribution in [0.4, 0.5) is 22.0 Å². The number of halogens is 5. The maximum Gasteiger partial charge on any atom is 0.525 e. The van der Waals surface area contributed by atoms with Crippen LogP contribution in [0, 0.1) is 0 Å². The lowest BCUT2D eigenvalue weighted by Crippen LogP contribution is -2.38. The maximum absolute atomic E-state index is 14.6. The fourth-order valence-electron chi connectivity index (χ4n) is 2.04. The van der Waals surface area contributed by atoms with E-state index in [1.807, 2.05) is 0 Å². The Labute approximate surface area is 111 Å². The number of ether oxygens (including phenoxy) is 1. The molecule has 0 saturated carbocycles. The summed E-state index contributed by atoms with van der Waals surface area (Å²) in [7, 11) is 0. The normalized spacial score (nSPS) is 23.8. The van der Waals surface area contributed by atoms with E-state index in [4.69, 9.17) is 5.73 Å². The molecule has 0 radical (unpaired) electrons. The SMILES string of the molecule is NC1=CC(F)=C(c2ccccc2)C(F)(OC(F)(F)F)C1. The molecule has 1 atom stereocenters. The average molecular weight is 291 g/mol. The Morgan fingerprint density at radius 3 is 2.30 bits per heavy atom. The molecule has 0 heterocycles. The van der Waals surface area contributed by atoms with Crippen LogP contribution in [0.15, 0.2) is 47.9 Å². The Morgan fingerprint density at radius 2 is 1.75 bits per heavy atom. The van der Waals surface area contributed by atoms with Crippen molar-refractivity contribution in [2.75, 3.05) is 0 Å². The first-order valence-electron chi connectivity index (χ1n) is 5.59. The molecule has 2 rings (SSSR count). The van der Waals surface area contributed by atoms with E-state index < -0.39 is 30.0 Å². The number of hydrogen-bond donors (Lipinski definition) is 1. The minimum Gasteiger partial charge on any atom is -0.402 e. The fourth-order valence-corrected chi connectivity index (χ4v) is 2.04. The fraction of sp³-hybridized carbons (Fsp3) is 0.231. The van der Waals surface area contributed by atoms with Gasteiger partial charge in [0.05, 0.1) is 12.0 Å². The summed E-state index contributed by atoms with van der Waals surface area (Å²) in [6.45, 7) is 0. The van der Waals surface area contributed by atoms with E-state index in [9.17, 15) is 22.0 Å². The largest absolute Gasteiger partial charge is 0.525 e. The van der Waals surface area contributed by atoms with Crippen molar-refractivity contribution >= 4 is 5.57 Å². The predicted molar refractivity (Wildman–Crippen MR) is 62.3 cm³/mol. The van der Waals surface area contributed by atoms with E-state index in [1.165, 1.54) is 24.3 Å². The summed E-state index contributed by atoms with van der Waals surface area (Å²) in [5.41, 5.74) is 4.04. The highest BCUT2D eigenvalue weighted by atomic mass is 19.4. The van der Waals surface area contributed by atoms with Gasteiger partial charge >= 0.3 is 6.36 Å². The van der Waals surface area contributed by atoms with Crippen molar-refractivity contribution < 1.29 is 26.7 Å². The Balaban J connectivity index is 2.54. The minimum atomic E-state index is -5.26. The lowest BCUT2D eigenvalue weighted by atomic mass is 9.90. The van der Waals surface area contributed by atoms with E-state index in [0.29, 0.717) is 0 Å². The third-order valence-corrected chi connectivity index (χ3v) is 2.70. The smallest absolute Gasteiger partial charge is 0.402 e. The van der Waals surface area contributed by atoms with Crippen LogP contribution in [-0.4, -0.2) is 12.2 Å². The van der Waals surface area contributed by atoms with Crippen LogP contribution in [0.1, 0.15) is 12.0 Å². The summed E-state index contributed by atoms with van der Waals surface area (Å²) in [4.78, 5) is 0. The highest BCUT2D eigenvalue weighted by Crippen LogP contribution is 2.45. The average Bonchev–Trinajstić information content (AvgIpc) is 2.25. The van der Waals surface area contributed by atoms with Gasteiger partial charge in [0.1, 0.15) is 5.83 Å². The molecule has 2 nitrogen and oxygen atoms in total. The third kappa shape index (κ3) is 2.98. The van der Waals surface area contributed by atoms with Gasteiger partial charge in [-0.2, -0.15) is 0 Å². The second kappa shape index (κ2) is 4.90. The monoisotopic (exact) mass is 291 g/mol. The molecule has 7 heteroatoms. The van der Waals surface area contributed by atoms with E-state index in [0.717, 1.165) is 6.08 Å². The lowest BCUT2D eigenvalue weighted by Gasteiger charge is -2.31. The van der Waals surface area contributed by atoms with Crippen molar-refractivity contribution in [3.05, 3.63) is 53.5 Å². The van der Waals surface area contributed by atoms with E-state index in [2.05, 4.69) is 4.74 Å². The summed E-state index contributed by atoms with van der Waals surface area (Å²) >= 11 is 0. The van der Waals surface area contributed by atoms with Gasteiger partial charge in [-0.05, 0) is 11.6 Å². The van der Waals surface area contributed by atoms with Gasteiger partial charge in [0.15, 0.2) is 0 Å². The molecule has 1 aromatic carbocycles. The summed E-state index contributed by atoms with van der Waals surface area (Å²) in [5, 5.41) is 0. The predicted octanol–water partition coefficient (Wildman–Crippen LogP) is 3.82. The number of rotatable bonds is 2. The zero-order chi connectivity index (χ0) is 15.0. The Bertz CT molecular complexity index is 564. The van der Waals surface area contributed by atoms with Crippen molar-refractivity contribution in [2.45, 2.75) is 18.6 Å². The molecule has 0 fully saturated rings. The topological polar surface area (TPSA) is 35.2 Å². The second-order valence-electron chi connectivity index (χ2n) is 4.26. The Kier molecular flexibility index (Phi) is 3.56. The third-order valence-electron chi connectivity index (χ3n) is 2.70. The van der Waals surface area contributed by atoms with Crippen molar-refractivity contribution in [1.82, 2.24) is 0 Å². The first-order valence-corrected chi connectivity index (χ1v) is 5.59. The summed E-state index contributed by atoms with van der Waals surface area (Å²) in [5.74, 6) is -4.57. The Morgan fingerprint density at radius 1 is 1.15 bits per heavy atom. The second-order valence-corrected chi connectivity index (χ2v) is 4.26.